The molecular formula is C17H27N3O2. The van der Waals surface area contributed by atoms with Gasteiger partial charge in [0.15, 0.2) is 0 Å². The van der Waals surface area contributed by atoms with Gasteiger partial charge in [-0.2, -0.15) is 0 Å². The Morgan fingerprint density at radius 1 is 1.27 bits per heavy atom. The lowest BCUT2D eigenvalue weighted by atomic mass is 10.1. The lowest BCUT2D eigenvalue weighted by Crippen LogP contribution is -2.32. The van der Waals surface area contributed by atoms with Crippen molar-refractivity contribution in [1.29, 1.82) is 0 Å². The van der Waals surface area contributed by atoms with Gasteiger partial charge in [-0.25, -0.2) is 4.79 Å². The minimum absolute atomic E-state index is 0.186. The van der Waals surface area contributed by atoms with Crippen molar-refractivity contribution in [1.82, 2.24) is 5.32 Å². The SMILES string of the molecule is CC(C)OCCNC(=O)Nc1cccc(N2CCCCC2)c1. The molecule has 2 N–H and O–H groups in total. The minimum atomic E-state index is -0.192. The number of carbonyl (C=O) groups is 1. The predicted octanol–water partition coefficient (Wildman–Crippen LogP) is 3.22. The fraction of sp³-hybridized carbons (Fsp3) is 0.588. The molecule has 0 saturated carbocycles. The van der Waals surface area contributed by atoms with Gasteiger partial charge < -0.3 is 20.3 Å². The van der Waals surface area contributed by atoms with Crippen LogP contribution >= 0.6 is 0 Å². The summed E-state index contributed by atoms with van der Waals surface area (Å²) in [6.45, 7) is 7.19. The monoisotopic (exact) mass is 305 g/mol. The van der Waals surface area contributed by atoms with Gasteiger partial charge in [-0.1, -0.05) is 6.07 Å². The second-order valence-corrected chi connectivity index (χ2v) is 5.90. The fourth-order valence-electron chi connectivity index (χ4n) is 2.57. The first-order valence-corrected chi connectivity index (χ1v) is 8.16. The van der Waals surface area contributed by atoms with Gasteiger partial charge in [0.2, 0.25) is 0 Å². The average molecular weight is 305 g/mol. The molecule has 0 aromatic heterocycles. The summed E-state index contributed by atoms with van der Waals surface area (Å²) in [5.41, 5.74) is 2.01. The van der Waals surface area contributed by atoms with Crippen LogP contribution in [-0.2, 0) is 4.74 Å². The summed E-state index contributed by atoms with van der Waals surface area (Å²) in [6.07, 6.45) is 3.99. The Hall–Kier alpha value is -1.75. The molecule has 22 heavy (non-hydrogen) atoms. The molecule has 5 heteroatoms. The normalized spacial score (nSPS) is 15.0. The average Bonchev–Trinajstić information content (AvgIpc) is 2.52. The van der Waals surface area contributed by atoms with Crippen LogP contribution in [0.15, 0.2) is 24.3 Å². The lowest BCUT2D eigenvalue weighted by Gasteiger charge is -2.29. The maximum atomic E-state index is 11.9. The van der Waals surface area contributed by atoms with Gasteiger partial charge in [0.25, 0.3) is 0 Å². The summed E-state index contributed by atoms with van der Waals surface area (Å²) in [5, 5.41) is 5.67. The van der Waals surface area contributed by atoms with E-state index in [4.69, 9.17) is 4.74 Å². The van der Waals surface area contributed by atoms with E-state index in [9.17, 15) is 4.79 Å². The topological polar surface area (TPSA) is 53.6 Å². The first kappa shape index (κ1) is 16.6. The first-order chi connectivity index (χ1) is 10.6. The Bertz CT molecular complexity index is 471. The fourth-order valence-corrected chi connectivity index (χ4v) is 2.57. The smallest absolute Gasteiger partial charge is 0.319 e. The molecule has 1 aliphatic rings. The molecule has 1 fully saturated rings. The van der Waals surface area contributed by atoms with E-state index >= 15 is 0 Å². The number of rotatable bonds is 6. The molecule has 0 spiro atoms. The molecule has 0 aliphatic carbocycles. The predicted molar refractivity (Wildman–Crippen MR) is 90.6 cm³/mol. The van der Waals surface area contributed by atoms with Gasteiger partial charge in [-0.05, 0) is 51.3 Å². The largest absolute Gasteiger partial charge is 0.377 e. The Balaban J connectivity index is 1.80. The van der Waals surface area contributed by atoms with E-state index in [1.807, 2.05) is 32.0 Å². The number of nitrogens with zero attached hydrogens (tertiary/aromatic N) is 1. The van der Waals surface area contributed by atoms with Crippen molar-refractivity contribution in [3.8, 4) is 0 Å². The Morgan fingerprint density at radius 2 is 2.05 bits per heavy atom. The van der Waals surface area contributed by atoms with E-state index in [1.165, 1.54) is 24.9 Å². The van der Waals surface area contributed by atoms with E-state index in [0.29, 0.717) is 13.2 Å². The van der Waals surface area contributed by atoms with Gasteiger partial charge in [0.05, 0.1) is 12.7 Å². The molecule has 1 saturated heterocycles. The van der Waals surface area contributed by atoms with Crippen molar-refractivity contribution < 1.29 is 9.53 Å². The van der Waals surface area contributed by atoms with Gasteiger partial charge in [0.1, 0.15) is 0 Å². The molecule has 2 amide bonds. The third kappa shape index (κ3) is 5.56. The molecule has 0 unspecified atom stereocenters. The summed E-state index contributed by atoms with van der Waals surface area (Å²) >= 11 is 0. The van der Waals surface area contributed by atoms with Crippen molar-refractivity contribution in [2.24, 2.45) is 0 Å². The van der Waals surface area contributed by atoms with Gasteiger partial charge in [-0.15, -0.1) is 0 Å². The van der Waals surface area contributed by atoms with Gasteiger partial charge >= 0.3 is 6.03 Å². The zero-order valence-corrected chi connectivity index (χ0v) is 13.6. The number of hydrogen-bond acceptors (Lipinski definition) is 3. The van der Waals surface area contributed by atoms with Crippen LogP contribution in [0.25, 0.3) is 0 Å². The molecule has 122 valence electrons. The Kier molecular flexibility index (Phi) is 6.52. The number of carbonyl (C=O) groups excluding carboxylic acids is 1. The van der Waals surface area contributed by atoms with Crippen LogP contribution in [0.2, 0.25) is 0 Å². The molecule has 0 radical (unpaired) electrons. The standard InChI is InChI=1S/C17H27N3O2/c1-14(2)22-12-9-18-17(21)19-15-7-6-8-16(13-15)20-10-4-3-5-11-20/h6-8,13-14H,3-5,9-12H2,1-2H3,(H2,18,19,21). The van der Waals surface area contributed by atoms with E-state index in [1.54, 1.807) is 0 Å². The molecule has 1 heterocycles. The summed E-state index contributed by atoms with van der Waals surface area (Å²) in [7, 11) is 0. The number of benzene rings is 1. The lowest BCUT2D eigenvalue weighted by molar-refractivity contribution is 0.0820. The van der Waals surface area contributed by atoms with Crippen molar-refractivity contribution in [3.05, 3.63) is 24.3 Å². The summed E-state index contributed by atoms with van der Waals surface area (Å²) in [4.78, 5) is 14.2. The van der Waals surface area contributed by atoms with E-state index < -0.39 is 0 Å². The van der Waals surface area contributed by atoms with Crippen LogP contribution in [-0.4, -0.2) is 38.4 Å². The number of urea groups is 1. The van der Waals surface area contributed by atoms with Gasteiger partial charge in [0, 0.05) is 31.0 Å². The molecule has 2 rings (SSSR count). The highest BCUT2D eigenvalue weighted by atomic mass is 16.5. The molecule has 0 bridgehead atoms. The molecule has 1 aromatic rings. The Morgan fingerprint density at radius 3 is 2.77 bits per heavy atom. The van der Waals surface area contributed by atoms with E-state index in [2.05, 4.69) is 21.6 Å². The minimum Gasteiger partial charge on any atom is -0.377 e. The highest BCUT2D eigenvalue weighted by molar-refractivity contribution is 5.89. The maximum Gasteiger partial charge on any atom is 0.319 e. The molecule has 1 aromatic carbocycles. The Labute approximate surface area is 133 Å². The summed E-state index contributed by atoms with van der Waals surface area (Å²) in [6, 6.07) is 7.85. The maximum absolute atomic E-state index is 11.9. The van der Waals surface area contributed by atoms with Crippen LogP contribution in [0, 0.1) is 0 Å². The van der Waals surface area contributed by atoms with E-state index in [0.717, 1.165) is 18.8 Å². The van der Waals surface area contributed by atoms with Crippen molar-refractivity contribution >= 4 is 17.4 Å². The van der Waals surface area contributed by atoms with Crippen molar-refractivity contribution in [2.75, 3.05) is 36.5 Å². The van der Waals surface area contributed by atoms with Crippen LogP contribution in [0.1, 0.15) is 33.1 Å². The number of nitrogens with one attached hydrogen (secondary N) is 2. The molecule has 0 atom stereocenters. The number of amides is 2. The second-order valence-electron chi connectivity index (χ2n) is 5.90. The third-order valence-electron chi connectivity index (χ3n) is 3.66. The van der Waals surface area contributed by atoms with Crippen LogP contribution in [0.3, 0.4) is 0 Å². The van der Waals surface area contributed by atoms with Crippen LogP contribution in [0.5, 0.6) is 0 Å². The zero-order valence-electron chi connectivity index (χ0n) is 13.6. The zero-order chi connectivity index (χ0) is 15.8. The third-order valence-corrected chi connectivity index (χ3v) is 3.66. The van der Waals surface area contributed by atoms with Crippen molar-refractivity contribution in [2.45, 2.75) is 39.2 Å². The highest BCUT2D eigenvalue weighted by Crippen LogP contribution is 2.22. The van der Waals surface area contributed by atoms with Crippen molar-refractivity contribution in [3.63, 3.8) is 0 Å². The highest BCUT2D eigenvalue weighted by Gasteiger charge is 2.11. The van der Waals surface area contributed by atoms with Crippen LogP contribution in [0.4, 0.5) is 16.2 Å². The van der Waals surface area contributed by atoms with Gasteiger partial charge in [-0.3, -0.25) is 0 Å². The second kappa shape index (κ2) is 8.63. The molecule has 1 aliphatic heterocycles. The first-order valence-electron chi connectivity index (χ1n) is 8.16. The number of ether oxygens (including phenoxy) is 1. The molecule has 5 nitrogen and oxygen atoms in total. The summed E-state index contributed by atoms with van der Waals surface area (Å²) < 4.78 is 5.39. The van der Waals surface area contributed by atoms with Crippen LogP contribution < -0.4 is 15.5 Å². The number of piperidine rings is 1. The number of anilines is 2. The summed E-state index contributed by atoms with van der Waals surface area (Å²) in [5.74, 6) is 0. The number of hydrogen-bond donors (Lipinski definition) is 2. The van der Waals surface area contributed by atoms with E-state index in [-0.39, 0.29) is 12.1 Å². The molecular weight excluding hydrogens is 278 g/mol. The quantitative estimate of drug-likeness (QED) is 0.793.